The molecular weight excluding hydrogens is 491 g/mol. The third-order valence-corrected chi connectivity index (χ3v) is 15.2. The van der Waals surface area contributed by atoms with Crippen LogP contribution in [0.2, 0.25) is 0 Å². The molecule has 0 radical (unpaired) electrons. The molecule has 0 aliphatic carbocycles. The molecule has 7 heteroatoms. The van der Waals surface area contributed by atoms with Crippen molar-refractivity contribution in [3.05, 3.63) is 121 Å². The zero-order valence-corrected chi connectivity index (χ0v) is 22.2. The van der Waals surface area contributed by atoms with E-state index in [1.807, 2.05) is 97.9 Å². The molecule has 0 fully saturated rings. The Hall–Kier alpha value is -3.31. The minimum absolute atomic E-state index is 0.0157. The fourth-order valence-corrected chi connectivity index (χ4v) is 13.8. The van der Waals surface area contributed by atoms with E-state index < -0.39 is 28.6 Å². The van der Waals surface area contributed by atoms with Gasteiger partial charge in [0.15, 0.2) is 0 Å². The van der Waals surface area contributed by atoms with Crippen LogP contribution in [0.1, 0.15) is 12.5 Å². The Bertz CT molecular complexity index is 1340. The van der Waals surface area contributed by atoms with Gasteiger partial charge in [0.25, 0.3) is 0 Å². The molecule has 0 N–H and O–H groups in total. The van der Waals surface area contributed by atoms with Gasteiger partial charge in [0.05, 0.1) is 0 Å². The van der Waals surface area contributed by atoms with Crippen LogP contribution in [0.4, 0.5) is 0 Å². The molecule has 0 heterocycles. The van der Waals surface area contributed by atoms with Crippen molar-refractivity contribution in [2.24, 2.45) is 0 Å². The first-order chi connectivity index (χ1) is 17.3. The van der Waals surface area contributed by atoms with Crippen LogP contribution < -0.4 is 15.9 Å². The molecule has 186 valence electrons. The molecule has 36 heavy (non-hydrogen) atoms. The van der Waals surface area contributed by atoms with Crippen LogP contribution in [0.3, 0.4) is 0 Å². The molecule has 0 saturated carbocycles. The Balaban J connectivity index is 2.23. The zero-order chi connectivity index (χ0) is 25.8. The molecule has 4 aromatic rings. The van der Waals surface area contributed by atoms with Gasteiger partial charge in [0.1, 0.15) is 0 Å². The van der Waals surface area contributed by atoms with E-state index in [2.05, 4.69) is 0 Å². The van der Waals surface area contributed by atoms with E-state index in [1.165, 1.54) is 19.2 Å². The van der Waals surface area contributed by atoms with Gasteiger partial charge in [-0.25, -0.2) is 0 Å². The average molecular weight is 521 g/mol. The van der Waals surface area contributed by atoms with Gasteiger partial charge in [0.2, 0.25) is 0 Å². The van der Waals surface area contributed by atoms with Gasteiger partial charge in [0, 0.05) is 0 Å². The Morgan fingerprint density at radius 1 is 0.694 bits per heavy atom. The van der Waals surface area contributed by atoms with Crippen molar-refractivity contribution in [3.63, 3.8) is 0 Å². The molecule has 0 aromatic heterocycles. The number of methoxy groups -OCH3 is 1. The number of carbonyl (C=O) groups is 1. The summed E-state index contributed by atoms with van der Waals surface area (Å²) in [6.45, 7) is -1.01. The number of aryl methyl sites for hydroxylation is 1. The Kier molecular flexibility index (Phi) is 7.14. The van der Waals surface area contributed by atoms with E-state index in [9.17, 15) is 13.2 Å². The van der Waals surface area contributed by atoms with Crippen molar-refractivity contribution >= 4 is 38.8 Å². The van der Waals surface area contributed by atoms with Crippen molar-refractivity contribution in [2.45, 2.75) is 24.4 Å². The predicted octanol–water partition coefficient (Wildman–Crippen LogP) is 4.71. The number of esters is 1. The molecule has 0 spiro atoms. The molecule has 0 aliphatic heterocycles. The molecule has 0 saturated heterocycles. The van der Waals surface area contributed by atoms with Crippen LogP contribution >= 0.6 is 6.83 Å². The number of carbonyl (C=O) groups excluding carboxylic acids is 1. The summed E-state index contributed by atoms with van der Waals surface area (Å²) < 4.78 is 40.3. The third-order valence-electron chi connectivity index (χ3n) is 6.65. The summed E-state index contributed by atoms with van der Waals surface area (Å²) in [6, 6.07) is 34.0. The van der Waals surface area contributed by atoms with Gasteiger partial charge < -0.3 is 0 Å². The molecule has 5 nitrogen and oxygen atoms in total. The van der Waals surface area contributed by atoms with Crippen LogP contribution in [0.15, 0.2) is 120 Å². The molecule has 4 rings (SSSR count). The second kappa shape index (κ2) is 9.98. The number of rotatable bonds is 8. The fourth-order valence-electron chi connectivity index (χ4n) is 4.81. The second-order valence-electron chi connectivity index (χ2n) is 8.65. The van der Waals surface area contributed by atoms with Crippen molar-refractivity contribution < 1.29 is 21.9 Å². The van der Waals surface area contributed by atoms with Crippen molar-refractivity contribution in [3.8, 4) is 0 Å². The van der Waals surface area contributed by atoms with Crippen molar-refractivity contribution in [2.75, 3.05) is 7.11 Å². The van der Waals surface area contributed by atoms with E-state index in [0.717, 1.165) is 5.56 Å². The summed E-state index contributed by atoms with van der Waals surface area (Å²) in [6.07, 6.45) is 0. The summed E-state index contributed by atoms with van der Waals surface area (Å²) in [4.78, 5) is 13.5. The summed E-state index contributed by atoms with van der Waals surface area (Å²) in [7, 11) is -3.07. The standard InChI is InChI=1S/C29H29O5PS/c1-23-19-21-28(22-20-23)36(31,32)34-35(24(2)29(30)33-3,25-13-7-4-8-14-25,26-15-9-5-10-16-26)27-17-11-6-12-18-27/h4-22,24H,1-3H3. The van der Waals surface area contributed by atoms with E-state index in [1.54, 1.807) is 19.1 Å². The quantitative estimate of drug-likeness (QED) is 0.249. The number of benzene rings is 4. The Labute approximate surface area is 212 Å². The van der Waals surface area contributed by atoms with Crippen LogP contribution in [-0.4, -0.2) is 27.2 Å². The maximum absolute atomic E-state index is 14.2. The first-order valence-corrected chi connectivity index (χ1v) is 15.2. The zero-order valence-electron chi connectivity index (χ0n) is 20.4. The third kappa shape index (κ3) is 4.05. The topological polar surface area (TPSA) is 69.7 Å². The first kappa shape index (κ1) is 25.8. The summed E-state index contributed by atoms with van der Waals surface area (Å²) in [5, 5.41) is 1.82. The normalized spacial score (nSPS) is 13.8. The number of ether oxygens (including phenoxy) is 1. The van der Waals surface area contributed by atoms with Crippen molar-refractivity contribution in [1.82, 2.24) is 0 Å². The molecule has 1 atom stereocenters. The van der Waals surface area contributed by atoms with Gasteiger partial charge in [-0.3, -0.25) is 0 Å². The Morgan fingerprint density at radius 2 is 1.08 bits per heavy atom. The molecule has 0 bridgehead atoms. The monoisotopic (exact) mass is 520 g/mol. The van der Waals surface area contributed by atoms with E-state index in [-0.39, 0.29) is 4.90 Å². The van der Waals surface area contributed by atoms with Gasteiger partial charge in [-0.15, -0.1) is 0 Å². The summed E-state index contributed by atoms with van der Waals surface area (Å²) >= 11 is 0. The van der Waals surface area contributed by atoms with E-state index in [4.69, 9.17) is 8.71 Å². The molecule has 1 unspecified atom stereocenters. The molecule has 4 aromatic carbocycles. The van der Waals surface area contributed by atoms with Gasteiger partial charge in [-0.1, -0.05) is 0 Å². The van der Waals surface area contributed by atoms with E-state index in [0.29, 0.717) is 15.9 Å². The maximum atomic E-state index is 14.2. The van der Waals surface area contributed by atoms with Gasteiger partial charge in [-0.05, 0) is 0 Å². The Morgan fingerprint density at radius 3 is 1.44 bits per heavy atom. The van der Waals surface area contributed by atoms with Crippen LogP contribution in [0, 0.1) is 6.92 Å². The van der Waals surface area contributed by atoms with Gasteiger partial charge >= 0.3 is 213 Å². The molecule has 0 aliphatic rings. The number of hydrogen-bond donors (Lipinski definition) is 0. The van der Waals surface area contributed by atoms with Crippen LogP contribution in [0.5, 0.6) is 0 Å². The second-order valence-corrected chi connectivity index (χ2v) is 15.2. The minimum atomic E-state index is -4.59. The fraction of sp³-hybridized carbons (Fsp3) is 0.138. The predicted molar refractivity (Wildman–Crippen MR) is 146 cm³/mol. The van der Waals surface area contributed by atoms with Crippen LogP contribution in [0.25, 0.3) is 0 Å². The van der Waals surface area contributed by atoms with Gasteiger partial charge in [-0.2, -0.15) is 0 Å². The molecular formula is C29H29O5PS. The molecule has 0 amide bonds. The summed E-state index contributed by atoms with van der Waals surface area (Å²) in [5.41, 5.74) is -0.0723. The van der Waals surface area contributed by atoms with Crippen molar-refractivity contribution in [1.29, 1.82) is 0 Å². The average Bonchev–Trinajstić information content (AvgIpc) is 2.92. The summed E-state index contributed by atoms with van der Waals surface area (Å²) in [5.74, 6) is -0.566. The number of hydrogen-bond acceptors (Lipinski definition) is 5. The SMILES string of the molecule is COC(=O)C(C)P(OS(=O)(=O)c1ccc(C)cc1)(c1ccccc1)(c1ccccc1)c1ccccc1. The first-order valence-electron chi connectivity index (χ1n) is 11.6. The van der Waals surface area contributed by atoms with Crippen LogP contribution in [-0.2, 0) is 23.6 Å². The van der Waals surface area contributed by atoms with E-state index >= 15 is 0 Å².